The molecule has 0 atom stereocenters. The van der Waals surface area contributed by atoms with Crippen LogP contribution in [-0.4, -0.2) is 9.78 Å². The normalized spacial score (nSPS) is 13.5. The molecule has 4 rings (SSSR count). The first kappa shape index (κ1) is 20.2. The Hall–Kier alpha value is -3.09. The summed E-state index contributed by atoms with van der Waals surface area (Å²) in [5, 5.41) is 6.93. The van der Waals surface area contributed by atoms with E-state index in [0.717, 1.165) is 36.6 Å². The van der Waals surface area contributed by atoms with Crippen LogP contribution in [0, 0.1) is 25.5 Å². The summed E-state index contributed by atoms with van der Waals surface area (Å²) in [5.41, 5.74) is 4.33. The fourth-order valence-electron chi connectivity index (χ4n) is 3.68. The monoisotopic (exact) mass is 415 g/mol. The minimum atomic E-state index is -2.79. The number of hydrogen-bond donors (Lipinski definition) is 1. The molecule has 156 valence electrons. The fraction of sp³-hybridized carbons (Fsp3) is 0.261. The highest BCUT2D eigenvalue weighted by Gasteiger charge is 2.21. The Balaban J connectivity index is 1.69. The predicted molar refractivity (Wildman–Crippen MR) is 109 cm³/mol. The van der Waals surface area contributed by atoms with E-state index in [2.05, 4.69) is 10.4 Å². The number of allylic oxidation sites excluding steroid dienone is 1. The lowest BCUT2D eigenvalue weighted by molar-refractivity contribution is 0.0563. The fourth-order valence-corrected chi connectivity index (χ4v) is 3.68. The highest BCUT2D eigenvalue weighted by Crippen LogP contribution is 2.37. The van der Waals surface area contributed by atoms with E-state index >= 15 is 0 Å². The summed E-state index contributed by atoms with van der Waals surface area (Å²) in [7, 11) is 0. The van der Waals surface area contributed by atoms with Crippen molar-refractivity contribution in [2.45, 2.75) is 39.7 Å². The number of benzene rings is 2. The maximum absolute atomic E-state index is 14.9. The van der Waals surface area contributed by atoms with E-state index in [1.807, 2.05) is 13.0 Å². The largest absolute Gasteiger partial charge is 0.355 e. The van der Waals surface area contributed by atoms with Crippen molar-refractivity contribution in [1.82, 2.24) is 9.78 Å². The highest BCUT2D eigenvalue weighted by atomic mass is 19.3. The Morgan fingerprint density at radius 1 is 1.03 bits per heavy atom. The molecule has 7 heteroatoms. The summed E-state index contributed by atoms with van der Waals surface area (Å²) < 4.78 is 55.7. The average molecular weight is 415 g/mol. The maximum Gasteiger partial charge on any atom is 0.333 e. The molecule has 1 aromatic heterocycles. The first-order chi connectivity index (χ1) is 14.3. The van der Waals surface area contributed by atoms with Crippen LogP contribution in [0.1, 0.15) is 42.6 Å². The van der Waals surface area contributed by atoms with Crippen molar-refractivity contribution in [1.29, 1.82) is 0 Å². The van der Waals surface area contributed by atoms with E-state index in [4.69, 9.17) is 0 Å². The third-order valence-corrected chi connectivity index (χ3v) is 5.43. The molecule has 1 aliphatic rings. The van der Waals surface area contributed by atoms with Crippen molar-refractivity contribution in [3.8, 4) is 11.1 Å². The predicted octanol–water partition coefficient (Wildman–Crippen LogP) is 6.85. The zero-order valence-corrected chi connectivity index (χ0v) is 16.6. The number of aryl methyl sites for hydroxylation is 2. The van der Waals surface area contributed by atoms with Crippen molar-refractivity contribution >= 4 is 11.4 Å². The van der Waals surface area contributed by atoms with Crippen LogP contribution in [0.2, 0.25) is 0 Å². The van der Waals surface area contributed by atoms with Gasteiger partial charge in [-0.3, -0.25) is 0 Å². The van der Waals surface area contributed by atoms with E-state index < -0.39 is 12.4 Å². The molecule has 0 spiro atoms. The molecule has 0 radical (unpaired) electrons. The molecule has 2 aromatic carbocycles. The number of rotatable bonds is 5. The zero-order valence-electron chi connectivity index (χ0n) is 16.6. The van der Waals surface area contributed by atoms with Crippen LogP contribution in [0.4, 0.5) is 23.2 Å². The zero-order chi connectivity index (χ0) is 21.4. The topological polar surface area (TPSA) is 29.9 Å². The number of hydrogen-bond acceptors (Lipinski definition) is 2. The van der Waals surface area contributed by atoms with Gasteiger partial charge in [0.25, 0.3) is 0 Å². The number of alkyl halides is 2. The summed E-state index contributed by atoms with van der Waals surface area (Å²) >= 11 is 0. The number of anilines is 1. The molecule has 0 aliphatic heterocycles. The molecule has 1 aliphatic carbocycles. The Labute approximate surface area is 172 Å². The van der Waals surface area contributed by atoms with Crippen LogP contribution in [0.3, 0.4) is 0 Å². The molecule has 1 N–H and O–H groups in total. The minimum absolute atomic E-state index is 0.185. The minimum Gasteiger partial charge on any atom is -0.355 e. The Morgan fingerprint density at radius 3 is 2.37 bits per heavy atom. The van der Waals surface area contributed by atoms with Gasteiger partial charge in [0.05, 0.1) is 5.69 Å². The van der Waals surface area contributed by atoms with Crippen LogP contribution in [0.15, 0.2) is 48.2 Å². The quantitative estimate of drug-likeness (QED) is 0.462. The van der Waals surface area contributed by atoms with Gasteiger partial charge >= 0.3 is 6.55 Å². The van der Waals surface area contributed by atoms with E-state index in [1.54, 1.807) is 19.1 Å². The molecule has 1 fully saturated rings. The van der Waals surface area contributed by atoms with Crippen molar-refractivity contribution in [3.63, 3.8) is 0 Å². The SMILES string of the molecule is Cc1cccc(F)c1C(Nc1ccc(-c2cn(C(F)F)nc2C)c(F)c1)=C1CCC1. The number of nitrogens with one attached hydrogen (secondary N) is 1. The smallest absolute Gasteiger partial charge is 0.333 e. The van der Waals surface area contributed by atoms with E-state index in [-0.39, 0.29) is 11.4 Å². The first-order valence-electron chi connectivity index (χ1n) is 9.73. The lowest BCUT2D eigenvalue weighted by atomic mass is 9.87. The van der Waals surface area contributed by atoms with Crippen molar-refractivity contribution in [2.75, 3.05) is 5.32 Å². The standard InChI is InChI=1S/C23H21F4N3/c1-13-5-3-8-19(24)21(13)22(15-6-4-7-15)28-16-9-10-17(20(25)11-16)18-12-30(23(26)27)29-14(18)2/h3,5,8-12,23,28H,4,6-7H2,1-2H3. The molecule has 3 nitrogen and oxygen atoms in total. The second kappa shape index (κ2) is 7.97. The summed E-state index contributed by atoms with van der Waals surface area (Å²) in [4.78, 5) is 0. The third-order valence-electron chi connectivity index (χ3n) is 5.43. The highest BCUT2D eigenvalue weighted by molar-refractivity contribution is 5.82. The van der Waals surface area contributed by atoms with Gasteiger partial charge in [0.15, 0.2) is 0 Å². The van der Waals surface area contributed by atoms with Gasteiger partial charge < -0.3 is 5.32 Å². The van der Waals surface area contributed by atoms with Gasteiger partial charge in [-0.05, 0) is 68.5 Å². The van der Waals surface area contributed by atoms with E-state index in [9.17, 15) is 17.6 Å². The molecule has 30 heavy (non-hydrogen) atoms. The van der Waals surface area contributed by atoms with Gasteiger partial charge in [0.1, 0.15) is 11.6 Å². The summed E-state index contributed by atoms with van der Waals surface area (Å²) in [6.07, 6.45) is 3.90. The van der Waals surface area contributed by atoms with Gasteiger partial charge in [-0.15, -0.1) is 0 Å². The average Bonchev–Trinajstić information content (AvgIpc) is 3.02. The Kier molecular flexibility index (Phi) is 5.37. The van der Waals surface area contributed by atoms with Crippen LogP contribution >= 0.6 is 0 Å². The first-order valence-corrected chi connectivity index (χ1v) is 9.73. The lowest BCUT2D eigenvalue weighted by Gasteiger charge is -2.25. The lowest BCUT2D eigenvalue weighted by Crippen LogP contribution is -2.11. The van der Waals surface area contributed by atoms with Crippen LogP contribution in [0.5, 0.6) is 0 Å². The van der Waals surface area contributed by atoms with Gasteiger partial charge in [0, 0.05) is 34.3 Å². The van der Waals surface area contributed by atoms with Gasteiger partial charge in [-0.1, -0.05) is 12.1 Å². The second-order valence-electron chi connectivity index (χ2n) is 7.47. The van der Waals surface area contributed by atoms with E-state index in [0.29, 0.717) is 32.9 Å². The van der Waals surface area contributed by atoms with E-state index in [1.165, 1.54) is 18.2 Å². The van der Waals surface area contributed by atoms with Gasteiger partial charge in [-0.2, -0.15) is 13.9 Å². The summed E-state index contributed by atoms with van der Waals surface area (Å²) in [5.74, 6) is -0.899. The second-order valence-corrected chi connectivity index (χ2v) is 7.47. The number of nitrogens with zero attached hydrogens (tertiary/aromatic N) is 2. The molecule has 0 saturated heterocycles. The Bertz CT molecular complexity index is 1110. The van der Waals surface area contributed by atoms with Gasteiger partial charge in [0.2, 0.25) is 0 Å². The molecule has 0 bridgehead atoms. The van der Waals surface area contributed by atoms with Crippen LogP contribution in [0.25, 0.3) is 16.8 Å². The number of aromatic nitrogens is 2. The number of halogens is 4. The van der Waals surface area contributed by atoms with Crippen molar-refractivity contribution < 1.29 is 17.6 Å². The third kappa shape index (κ3) is 3.72. The molecular weight excluding hydrogens is 394 g/mol. The molecular formula is C23H21F4N3. The molecule has 1 heterocycles. The maximum atomic E-state index is 14.9. The molecule has 3 aromatic rings. The summed E-state index contributed by atoms with van der Waals surface area (Å²) in [6, 6.07) is 9.39. The Morgan fingerprint density at radius 2 is 1.80 bits per heavy atom. The molecule has 0 amide bonds. The molecule has 1 saturated carbocycles. The van der Waals surface area contributed by atoms with Crippen LogP contribution in [-0.2, 0) is 0 Å². The van der Waals surface area contributed by atoms with Gasteiger partial charge in [-0.25, -0.2) is 13.5 Å². The summed E-state index contributed by atoms with van der Waals surface area (Å²) in [6.45, 7) is 0.605. The molecule has 0 unspecified atom stereocenters. The van der Waals surface area contributed by atoms with Crippen LogP contribution < -0.4 is 5.32 Å². The van der Waals surface area contributed by atoms with Crippen molar-refractivity contribution in [2.24, 2.45) is 0 Å². The van der Waals surface area contributed by atoms with Crippen molar-refractivity contribution in [3.05, 3.63) is 76.6 Å².